The molecule has 0 bridgehead atoms. The van der Waals surface area contributed by atoms with Gasteiger partial charge in [-0.15, -0.1) is 0 Å². The normalized spacial score (nSPS) is 13.7. The van der Waals surface area contributed by atoms with Gasteiger partial charge in [-0.3, -0.25) is 9.59 Å². The number of nitrogen functional groups attached to an aromatic ring is 1. The number of carbonyl (C=O) groups is 3. The van der Waals surface area contributed by atoms with Gasteiger partial charge >= 0.3 is 5.97 Å². The number of ketones is 1. The maximum absolute atomic E-state index is 12.2. The minimum absolute atomic E-state index is 0.0820. The molecule has 2 aromatic rings. The van der Waals surface area contributed by atoms with Crippen LogP contribution < -0.4 is 10.6 Å². The molecule has 0 aromatic heterocycles. The first-order valence-electron chi connectivity index (χ1n) is 8.11. The van der Waals surface area contributed by atoms with Crippen molar-refractivity contribution in [1.82, 2.24) is 0 Å². The molecule has 2 aromatic carbocycles. The highest BCUT2D eigenvalue weighted by atomic mass is 35.5. The second-order valence-electron chi connectivity index (χ2n) is 5.93. The first kappa shape index (κ1) is 17.9. The van der Waals surface area contributed by atoms with Crippen molar-refractivity contribution in [1.29, 1.82) is 0 Å². The summed E-state index contributed by atoms with van der Waals surface area (Å²) in [7, 11) is 0. The molecule has 1 aliphatic rings. The van der Waals surface area contributed by atoms with Gasteiger partial charge in [0.25, 0.3) is 0 Å². The van der Waals surface area contributed by atoms with Crippen molar-refractivity contribution in [3.63, 3.8) is 0 Å². The van der Waals surface area contributed by atoms with Crippen molar-refractivity contribution in [2.45, 2.75) is 12.8 Å². The number of ether oxygens (including phenoxy) is 1. The lowest BCUT2D eigenvalue weighted by Crippen LogP contribution is -2.23. The number of nitrogens with zero attached hydrogens (tertiary/aromatic N) is 1. The van der Waals surface area contributed by atoms with Gasteiger partial charge < -0.3 is 15.4 Å². The van der Waals surface area contributed by atoms with E-state index in [1.165, 1.54) is 18.2 Å². The number of amides is 1. The van der Waals surface area contributed by atoms with Crippen LogP contribution in [0.5, 0.6) is 0 Å². The van der Waals surface area contributed by atoms with Gasteiger partial charge in [0, 0.05) is 34.9 Å². The molecule has 1 amide bonds. The Bertz CT molecular complexity index is 864. The van der Waals surface area contributed by atoms with Gasteiger partial charge in [0.05, 0.1) is 5.56 Å². The zero-order valence-electron chi connectivity index (χ0n) is 13.9. The molecule has 3 rings (SSSR count). The molecule has 0 atom stereocenters. The largest absolute Gasteiger partial charge is 0.454 e. The van der Waals surface area contributed by atoms with E-state index in [0.717, 1.165) is 12.1 Å². The molecular formula is C19H17ClN2O4. The summed E-state index contributed by atoms with van der Waals surface area (Å²) >= 11 is 5.79. The van der Waals surface area contributed by atoms with Crippen LogP contribution in [0.1, 0.15) is 33.6 Å². The average Bonchev–Trinajstić information content (AvgIpc) is 3.05. The van der Waals surface area contributed by atoms with Crippen molar-refractivity contribution in [2.24, 2.45) is 0 Å². The van der Waals surface area contributed by atoms with E-state index < -0.39 is 12.6 Å². The maximum atomic E-state index is 12.2. The van der Waals surface area contributed by atoms with E-state index >= 15 is 0 Å². The maximum Gasteiger partial charge on any atom is 0.340 e. The minimum Gasteiger partial charge on any atom is -0.454 e. The molecule has 1 heterocycles. The second-order valence-corrected chi connectivity index (χ2v) is 6.36. The van der Waals surface area contributed by atoms with Crippen LogP contribution in [-0.4, -0.2) is 30.8 Å². The molecule has 2 N–H and O–H groups in total. The Morgan fingerprint density at radius 1 is 1.15 bits per heavy atom. The zero-order valence-corrected chi connectivity index (χ0v) is 14.7. The lowest BCUT2D eigenvalue weighted by molar-refractivity contribution is -0.117. The number of hydrogen-bond donors (Lipinski definition) is 1. The highest BCUT2D eigenvalue weighted by Crippen LogP contribution is 2.22. The van der Waals surface area contributed by atoms with E-state index in [2.05, 4.69) is 0 Å². The molecule has 6 nitrogen and oxygen atoms in total. The van der Waals surface area contributed by atoms with Crippen LogP contribution in [0, 0.1) is 0 Å². The highest BCUT2D eigenvalue weighted by Gasteiger charge is 2.22. The number of halogens is 1. The van der Waals surface area contributed by atoms with Crippen LogP contribution in [0.15, 0.2) is 42.5 Å². The number of nitrogens with two attached hydrogens (primary N) is 1. The molecule has 0 spiro atoms. The predicted molar refractivity (Wildman–Crippen MR) is 98.5 cm³/mol. The van der Waals surface area contributed by atoms with Crippen molar-refractivity contribution >= 4 is 40.6 Å². The summed E-state index contributed by atoms with van der Waals surface area (Å²) < 4.78 is 5.04. The van der Waals surface area contributed by atoms with Crippen molar-refractivity contribution in [3.8, 4) is 0 Å². The molecule has 0 radical (unpaired) electrons. The van der Waals surface area contributed by atoms with Crippen LogP contribution in [0.2, 0.25) is 5.02 Å². The Morgan fingerprint density at radius 3 is 2.50 bits per heavy atom. The van der Waals surface area contributed by atoms with E-state index in [9.17, 15) is 14.4 Å². The summed E-state index contributed by atoms with van der Waals surface area (Å²) in [5.74, 6) is -0.949. The Balaban J connectivity index is 1.61. The summed E-state index contributed by atoms with van der Waals surface area (Å²) in [6.07, 6.45) is 1.38. The SMILES string of the molecule is Nc1cc(Cl)ccc1C(=O)OCC(=O)c1ccc(N2CCCC2=O)cc1. The number of Topliss-reactive ketones (excluding diaryl/α,β-unsaturated/α-hetero) is 1. The predicted octanol–water partition coefficient (Wildman–Crippen LogP) is 3.09. The van der Waals surface area contributed by atoms with Crippen LogP contribution >= 0.6 is 11.6 Å². The summed E-state index contributed by atoms with van der Waals surface area (Å²) in [4.78, 5) is 37.7. The van der Waals surface area contributed by atoms with Gasteiger partial charge in [-0.25, -0.2) is 4.79 Å². The van der Waals surface area contributed by atoms with Crippen LogP contribution in [0.4, 0.5) is 11.4 Å². The zero-order chi connectivity index (χ0) is 18.7. The molecule has 134 valence electrons. The quantitative estimate of drug-likeness (QED) is 0.495. The van der Waals surface area contributed by atoms with Crippen LogP contribution in [-0.2, 0) is 9.53 Å². The first-order chi connectivity index (χ1) is 12.5. The fourth-order valence-corrected chi connectivity index (χ4v) is 2.94. The fourth-order valence-electron chi connectivity index (χ4n) is 2.76. The Labute approximate surface area is 155 Å². The molecule has 0 aliphatic carbocycles. The molecule has 7 heteroatoms. The fraction of sp³-hybridized carbons (Fsp3) is 0.211. The van der Waals surface area contributed by atoms with E-state index in [1.807, 2.05) is 0 Å². The number of esters is 1. The third-order valence-electron chi connectivity index (χ3n) is 4.14. The summed E-state index contributed by atoms with van der Waals surface area (Å²) in [6, 6.07) is 11.1. The van der Waals surface area contributed by atoms with Crippen molar-refractivity contribution in [3.05, 3.63) is 58.6 Å². The Kier molecular flexibility index (Phi) is 5.23. The number of carbonyl (C=O) groups excluding carboxylic acids is 3. The minimum atomic E-state index is -0.688. The third-order valence-corrected chi connectivity index (χ3v) is 4.38. The standard InChI is InChI=1S/C19H17ClN2O4/c20-13-5-8-15(16(21)10-13)19(25)26-11-17(23)12-3-6-14(7-4-12)22-9-1-2-18(22)24/h3-8,10H,1-2,9,11,21H2. The average molecular weight is 373 g/mol. The first-order valence-corrected chi connectivity index (χ1v) is 8.49. The Morgan fingerprint density at radius 2 is 1.88 bits per heavy atom. The summed E-state index contributed by atoms with van der Waals surface area (Å²) in [5.41, 5.74) is 7.23. The molecule has 1 saturated heterocycles. The van der Waals surface area contributed by atoms with Crippen molar-refractivity contribution < 1.29 is 19.1 Å². The van der Waals surface area contributed by atoms with E-state index in [4.69, 9.17) is 22.1 Å². The van der Waals surface area contributed by atoms with Crippen molar-refractivity contribution in [2.75, 3.05) is 23.8 Å². The topological polar surface area (TPSA) is 89.7 Å². The van der Waals surface area contributed by atoms with Gasteiger partial charge in [0.1, 0.15) is 0 Å². The lowest BCUT2D eigenvalue weighted by Gasteiger charge is -2.15. The molecular weight excluding hydrogens is 356 g/mol. The van der Waals surface area contributed by atoms with Crippen LogP contribution in [0.3, 0.4) is 0 Å². The molecule has 0 saturated carbocycles. The van der Waals surface area contributed by atoms with Gasteiger partial charge in [-0.1, -0.05) is 11.6 Å². The summed E-state index contributed by atoms with van der Waals surface area (Å²) in [6.45, 7) is 0.287. The van der Waals surface area contributed by atoms with Gasteiger partial charge in [-0.05, 0) is 48.9 Å². The lowest BCUT2D eigenvalue weighted by atomic mass is 10.1. The third kappa shape index (κ3) is 3.86. The molecule has 0 unspecified atom stereocenters. The second kappa shape index (κ2) is 7.58. The van der Waals surface area contributed by atoms with Gasteiger partial charge in [0.2, 0.25) is 5.91 Å². The number of rotatable bonds is 5. The summed E-state index contributed by atoms with van der Waals surface area (Å²) in [5, 5.41) is 0.409. The van der Waals surface area contributed by atoms with Crippen LogP contribution in [0.25, 0.3) is 0 Å². The van der Waals surface area contributed by atoms with E-state index in [1.54, 1.807) is 29.2 Å². The number of hydrogen-bond acceptors (Lipinski definition) is 5. The Hall–Kier alpha value is -2.86. The van der Waals surface area contributed by atoms with E-state index in [-0.39, 0.29) is 22.9 Å². The van der Waals surface area contributed by atoms with Gasteiger partial charge in [-0.2, -0.15) is 0 Å². The monoisotopic (exact) mass is 372 g/mol. The van der Waals surface area contributed by atoms with E-state index in [0.29, 0.717) is 23.6 Å². The smallest absolute Gasteiger partial charge is 0.340 e. The van der Waals surface area contributed by atoms with Gasteiger partial charge in [0.15, 0.2) is 12.4 Å². The highest BCUT2D eigenvalue weighted by molar-refractivity contribution is 6.31. The molecule has 1 aliphatic heterocycles. The molecule has 1 fully saturated rings. The molecule has 26 heavy (non-hydrogen) atoms. The number of anilines is 2. The number of benzene rings is 2.